The quantitative estimate of drug-likeness (QED) is 0.841. The molecule has 1 saturated heterocycles. The molecule has 1 heterocycles. The summed E-state index contributed by atoms with van der Waals surface area (Å²) in [4.78, 5) is 12.8. The molecule has 118 valence electrons. The molecular weight excluding hydrogens is 344 g/mol. The second-order valence-electron chi connectivity index (χ2n) is 4.66. The molecule has 0 saturated carbocycles. The molecule has 2 atom stereocenters. The van der Waals surface area contributed by atoms with Gasteiger partial charge in [-0.3, -0.25) is 9.69 Å². The number of hydrogen-bond donors (Lipinski definition) is 1. The molecule has 4 nitrogen and oxygen atoms in total. The van der Waals surface area contributed by atoms with Crippen molar-refractivity contribution in [2.45, 2.75) is 19.1 Å². The molecule has 1 aliphatic heterocycles. The van der Waals surface area contributed by atoms with Crippen LogP contribution in [0.4, 0.5) is 4.39 Å². The number of carbonyl (C=O) groups is 1. The van der Waals surface area contributed by atoms with Gasteiger partial charge in [0.15, 0.2) is 0 Å². The SMILES string of the molecule is CC(C(=O)O)N1CCOC(c2cc(F)c(Cl)cc2Cl)C1.Cl. The normalized spacial score (nSPS) is 20.7. The van der Waals surface area contributed by atoms with Crippen molar-refractivity contribution in [2.24, 2.45) is 0 Å². The van der Waals surface area contributed by atoms with Gasteiger partial charge in [0.2, 0.25) is 0 Å². The van der Waals surface area contributed by atoms with Gasteiger partial charge in [-0.1, -0.05) is 23.2 Å². The minimum Gasteiger partial charge on any atom is -0.480 e. The minimum atomic E-state index is -0.904. The first-order valence-electron chi connectivity index (χ1n) is 6.13. The maximum atomic E-state index is 13.5. The summed E-state index contributed by atoms with van der Waals surface area (Å²) < 4.78 is 19.1. The molecule has 0 aliphatic carbocycles. The van der Waals surface area contributed by atoms with Crippen LogP contribution in [0.15, 0.2) is 12.1 Å². The molecule has 1 aromatic carbocycles. The molecule has 2 rings (SSSR count). The van der Waals surface area contributed by atoms with E-state index >= 15 is 0 Å². The molecule has 1 N–H and O–H groups in total. The van der Waals surface area contributed by atoms with Gasteiger partial charge in [-0.25, -0.2) is 4.39 Å². The summed E-state index contributed by atoms with van der Waals surface area (Å²) in [6, 6.07) is 1.94. The van der Waals surface area contributed by atoms with Gasteiger partial charge in [-0.2, -0.15) is 0 Å². The van der Waals surface area contributed by atoms with Crippen molar-refractivity contribution >= 4 is 41.6 Å². The van der Waals surface area contributed by atoms with Crippen LogP contribution in [0.1, 0.15) is 18.6 Å². The number of rotatable bonds is 3. The lowest BCUT2D eigenvalue weighted by atomic mass is 10.1. The van der Waals surface area contributed by atoms with Gasteiger partial charge in [-0.05, 0) is 19.1 Å². The van der Waals surface area contributed by atoms with Gasteiger partial charge in [0.25, 0.3) is 0 Å². The first kappa shape index (κ1) is 18.5. The van der Waals surface area contributed by atoms with Crippen LogP contribution in [0, 0.1) is 5.82 Å². The van der Waals surface area contributed by atoms with E-state index in [2.05, 4.69) is 0 Å². The molecule has 0 radical (unpaired) electrons. The number of hydrogen-bond acceptors (Lipinski definition) is 3. The fraction of sp³-hybridized carbons (Fsp3) is 0.462. The summed E-state index contributed by atoms with van der Waals surface area (Å²) in [6.45, 7) is 2.82. The average Bonchev–Trinajstić information content (AvgIpc) is 2.42. The fourth-order valence-electron chi connectivity index (χ4n) is 2.15. The zero-order valence-electron chi connectivity index (χ0n) is 11.2. The van der Waals surface area contributed by atoms with Gasteiger partial charge < -0.3 is 9.84 Å². The average molecular weight is 359 g/mol. The van der Waals surface area contributed by atoms with Crippen LogP contribution in [0.5, 0.6) is 0 Å². The van der Waals surface area contributed by atoms with E-state index in [4.69, 9.17) is 33.0 Å². The molecule has 2 unspecified atom stereocenters. The van der Waals surface area contributed by atoms with E-state index in [1.807, 2.05) is 0 Å². The third-order valence-corrected chi connectivity index (χ3v) is 4.01. The Morgan fingerprint density at radius 3 is 2.76 bits per heavy atom. The topological polar surface area (TPSA) is 49.8 Å². The second-order valence-corrected chi connectivity index (χ2v) is 5.47. The molecule has 1 fully saturated rings. The number of halogens is 4. The smallest absolute Gasteiger partial charge is 0.320 e. The van der Waals surface area contributed by atoms with E-state index in [0.29, 0.717) is 30.3 Å². The van der Waals surface area contributed by atoms with E-state index in [1.54, 1.807) is 11.8 Å². The van der Waals surface area contributed by atoms with Crippen molar-refractivity contribution in [2.75, 3.05) is 19.7 Å². The highest BCUT2D eigenvalue weighted by atomic mass is 35.5. The highest BCUT2D eigenvalue weighted by Crippen LogP contribution is 2.32. The highest BCUT2D eigenvalue weighted by molar-refractivity contribution is 6.35. The number of benzene rings is 1. The van der Waals surface area contributed by atoms with Crippen molar-refractivity contribution in [1.82, 2.24) is 4.90 Å². The predicted octanol–water partition coefficient (Wildman–Crippen LogP) is 3.40. The Balaban J connectivity index is 0.00000220. The Kier molecular flexibility index (Phi) is 6.69. The van der Waals surface area contributed by atoms with Gasteiger partial charge >= 0.3 is 5.97 Å². The number of carboxylic acid groups (broad SMARTS) is 1. The lowest BCUT2D eigenvalue weighted by Crippen LogP contribution is -2.46. The van der Waals surface area contributed by atoms with Crippen molar-refractivity contribution in [1.29, 1.82) is 0 Å². The summed E-state index contributed by atoms with van der Waals surface area (Å²) in [7, 11) is 0. The Hall–Kier alpha value is -0.590. The molecular formula is C13H15Cl3FNO3. The van der Waals surface area contributed by atoms with Crippen LogP contribution in [0.2, 0.25) is 10.0 Å². The molecule has 0 bridgehead atoms. The van der Waals surface area contributed by atoms with Crippen molar-refractivity contribution < 1.29 is 19.0 Å². The summed E-state index contributed by atoms with van der Waals surface area (Å²) in [5, 5.41) is 9.30. The zero-order valence-corrected chi connectivity index (χ0v) is 13.5. The van der Waals surface area contributed by atoms with E-state index in [9.17, 15) is 9.18 Å². The molecule has 8 heteroatoms. The van der Waals surface area contributed by atoms with Crippen LogP contribution >= 0.6 is 35.6 Å². The van der Waals surface area contributed by atoms with Crippen LogP contribution in [-0.2, 0) is 9.53 Å². The third-order valence-electron chi connectivity index (χ3n) is 3.39. The second kappa shape index (κ2) is 7.61. The number of ether oxygens (including phenoxy) is 1. The minimum absolute atomic E-state index is 0. The van der Waals surface area contributed by atoms with E-state index in [1.165, 1.54) is 12.1 Å². The molecule has 1 aromatic rings. The van der Waals surface area contributed by atoms with E-state index in [-0.39, 0.29) is 17.4 Å². The first-order valence-corrected chi connectivity index (χ1v) is 6.88. The lowest BCUT2D eigenvalue weighted by molar-refractivity contribution is -0.145. The summed E-state index contributed by atoms with van der Waals surface area (Å²) >= 11 is 11.7. The van der Waals surface area contributed by atoms with Gasteiger partial charge in [0, 0.05) is 23.7 Å². The van der Waals surface area contributed by atoms with Gasteiger partial charge in [0.1, 0.15) is 11.9 Å². The molecule has 1 aliphatic rings. The van der Waals surface area contributed by atoms with Crippen LogP contribution < -0.4 is 0 Å². The largest absolute Gasteiger partial charge is 0.480 e. The zero-order chi connectivity index (χ0) is 14.9. The molecule has 0 amide bonds. The van der Waals surface area contributed by atoms with Gasteiger partial charge in [-0.15, -0.1) is 12.4 Å². The van der Waals surface area contributed by atoms with Crippen molar-refractivity contribution in [3.63, 3.8) is 0 Å². The Bertz CT molecular complexity index is 530. The maximum absolute atomic E-state index is 13.5. The summed E-state index contributed by atoms with van der Waals surface area (Å²) in [6.07, 6.45) is -0.468. The number of morpholine rings is 1. The third kappa shape index (κ3) is 4.20. The van der Waals surface area contributed by atoms with Crippen LogP contribution in [-0.4, -0.2) is 41.7 Å². The first-order chi connectivity index (χ1) is 9.40. The summed E-state index contributed by atoms with van der Waals surface area (Å²) in [5.41, 5.74) is 0.482. The summed E-state index contributed by atoms with van der Waals surface area (Å²) in [5.74, 6) is -1.47. The predicted molar refractivity (Wildman–Crippen MR) is 81.0 cm³/mol. The molecule has 21 heavy (non-hydrogen) atoms. The Morgan fingerprint density at radius 2 is 2.14 bits per heavy atom. The number of aliphatic carboxylic acids is 1. The van der Waals surface area contributed by atoms with Crippen molar-refractivity contribution in [3.05, 3.63) is 33.6 Å². The van der Waals surface area contributed by atoms with Crippen LogP contribution in [0.3, 0.4) is 0 Å². The fourth-order valence-corrected chi connectivity index (χ4v) is 2.65. The molecule has 0 spiro atoms. The maximum Gasteiger partial charge on any atom is 0.320 e. The monoisotopic (exact) mass is 357 g/mol. The molecule has 0 aromatic heterocycles. The van der Waals surface area contributed by atoms with Crippen LogP contribution in [0.25, 0.3) is 0 Å². The Morgan fingerprint density at radius 1 is 1.48 bits per heavy atom. The number of nitrogens with zero attached hydrogens (tertiary/aromatic N) is 1. The number of carboxylic acids is 1. The highest BCUT2D eigenvalue weighted by Gasteiger charge is 2.30. The van der Waals surface area contributed by atoms with E-state index in [0.717, 1.165) is 0 Å². The van der Waals surface area contributed by atoms with Crippen molar-refractivity contribution in [3.8, 4) is 0 Å². The van der Waals surface area contributed by atoms with Gasteiger partial charge in [0.05, 0.1) is 17.7 Å². The Labute approximate surface area is 138 Å². The van der Waals surface area contributed by atoms with E-state index < -0.39 is 23.9 Å². The lowest BCUT2D eigenvalue weighted by Gasteiger charge is -2.35. The standard InChI is InChI=1S/C13H14Cl2FNO3.ClH/c1-7(13(18)19)17-2-3-20-12(6-17)8-4-11(16)10(15)5-9(8)14;/h4-5,7,12H,2-3,6H2,1H3,(H,18,19);1H.